The average Bonchev–Trinajstić information content (AvgIpc) is 3.32. The third kappa shape index (κ3) is 3.93. The largest absolute Gasteiger partial charge is 0.464 e. The molecule has 1 aromatic carbocycles. The second kappa shape index (κ2) is 7.79. The van der Waals surface area contributed by atoms with Gasteiger partial charge in [-0.05, 0) is 43.3 Å². The highest BCUT2D eigenvalue weighted by Crippen LogP contribution is 2.23. The maximum absolute atomic E-state index is 12.8. The van der Waals surface area contributed by atoms with Crippen LogP contribution in [0.25, 0.3) is 0 Å². The van der Waals surface area contributed by atoms with Gasteiger partial charge in [-0.15, -0.1) is 0 Å². The molecular formula is C21H18N4O3. The lowest BCUT2D eigenvalue weighted by Gasteiger charge is -2.11. The lowest BCUT2D eigenvalue weighted by molar-refractivity contribution is 0.102. The Hall–Kier alpha value is -3.87. The van der Waals surface area contributed by atoms with Crippen molar-refractivity contribution >= 4 is 11.7 Å². The molecule has 0 aliphatic rings. The normalized spacial score (nSPS) is 10.6. The molecule has 3 aromatic heterocycles. The number of carbonyl (C=O) groups is 1. The Labute approximate surface area is 161 Å². The van der Waals surface area contributed by atoms with Gasteiger partial charge < -0.3 is 14.5 Å². The Morgan fingerprint density at radius 1 is 1.07 bits per heavy atom. The van der Waals surface area contributed by atoms with E-state index in [4.69, 9.17) is 9.15 Å². The van der Waals surface area contributed by atoms with E-state index < -0.39 is 0 Å². The van der Waals surface area contributed by atoms with Gasteiger partial charge >= 0.3 is 0 Å². The highest BCUT2D eigenvalue weighted by Gasteiger charge is 2.16. The summed E-state index contributed by atoms with van der Waals surface area (Å²) in [6.45, 7) is 2.29. The number of anilines is 1. The molecule has 0 aliphatic carbocycles. The van der Waals surface area contributed by atoms with Gasteiger partial charge in [0.2, 0.25) is 5.88 Å². The van der Waals surface area contributed by atoms with Crippen LogP contribution in [0.15, 0.2) is 77.5 Å². The number of rotatable bonds is 6. The van der Waals surface area contributed by atoms with E-state index >= 15 is 0 Å². The molecule has 4 rings (SSSR count). The first-order chi connectivity index (χ1) is 13.7. The number of para-hydroxylation sites is 1. The molecule has 140 valence electrons. The number of furan rings is 1. The fraction of sp³-hybridized carbons (Fsp3) is 0.0952. The number of aryl methyl sites for hydroxylation is 1. The molecule has 0 atom stereocenters. The predicted molar refractivity (Wildman–Crippen MR) is 103 cm³/mol. The smallest absolute Gasteiger partial charge is 0.262 e. The number of benzene rings is 1. The third-order valence-electron chi connectivity index (χ3n) is 4.03. The van der Waals surface area contributed by atoms with Crippen LogP contribution in [0.3, 0.4) is 0 Å². The number of amides is 1. The minimum absolute atomic E-state index is 0.235. The molecule has 0 fully saturated rings. The Balaban J connectivity index is 1.53. The molecule has 0 unspecified atom stereocenters. The molecule has 1 N–H and O–H groups in total. The molecule has 0 saturated heterocycles. The van der Waals surface area contributed by atoms with Gasteiger partial charge in [-0.2, -0.15) is 5.10 Å². The van der Waals surface area contributed by atoms with E-state index in [1.807, 2.05) is 37.3 Å². The number of carbonyl (C=O) groups excluding carboxylic acids is 1. The Morgan fingerprint density at radius 3 is 2.71 bits per heavy atom. The van der Waals surface area contributed by atoms with Crippen LogP contribution >= 0.6 is 0 Å². The van der Waals surface area contributed by atoms with Crippen molar-refractivity contribution < 1.29 is 13.9 Å². The van der Waals surface area contributed by atoms with Gasteiger partial charge in [0.1, 0.15) is 35.2 Å². The maximum Gasteiger partial charge on any atom is 0.262 e. The Bertz CT molecular complexity index is 1090. The van der Waals surface area contributed by atoms with Gasteiger partial charge in [-0.25, -0.2) is 9.67 Å². The van der Waals surface area contributed by atoms with Crippen LogP contribution in [0.1, 0.15) is 21.9 Å². The lowest BCUT2D eigenvalue weighted by Crippen LogP contribution is -2.17. The Kier molecular flexibility index (Phi) is 4.88. The van der Waals surface area contributed by atoms with Crippen molar-refractivity contribution in [3.63, 3.8) is 0 Å². The predicted octanol–water partition coefficient (Wildman–Crippen LogP) is 4.27. The van der Waals surface area contributed by atoms with Gasteiger partial charge in [0.05, 0.1) is 6.20 Å². The van der Waals surface area contributed by atoms with Crippen LogP contribution in [0.4, 0.5) is 5.82 Å². The molecule has 0 spiro atoms. The zero-order chi connectivity index (χ0) is 19.3. The minimum atomic E-state index is -0.337. The van der Waals surface area contributed by atoms with Gasteiger partial charge in [0, 0.05) is 12.3 Å². The van der Waals surface area contributed by atoms with Crippen molar-refractivity contribution in [3.8, 4) is 11.6 Å². The highest BCUT2D eigenvalue weighted by atomic mass is 16.5. The number of hydrogen-bond acceptors (Lipinski definition) is 5. The van der Waals surface area contributed by atoms with E-state index in [1.165, 1.54) is 0 Å². The zero-order valence-corrected chi connectivity index (χ0v) is 15.2. The van der Waals surface area contributed by atoms with Crippen molar-refractivity contribution in [3.05, 3.63) is 90.1 Å². The number of nitrogens with zero attached hydrogens (tertiary/aromatic N) is 3. The van der Waals surface area contributed by atoms with Crippen LogP contribution in [-0.2, 0) is 6.54 Å². The van der Waals surface area contributed by atoms with Crippen molar-refractivity contribution in [2.45, 2.75) is 13.5 Å². The zero-order valence-electron chi connectivity index (χ0n) is 15.2. The molecule has 0 saturated carbocycles. The number of hydrogen-bond donors (Lipinski definition) is 1. The molecule has 0 aliphatic heterocycles. The fourth-order valence-electron chi connectivity index (χ4n) is 2.71. The Morgan fingerprint density at radius 2 is 1.93 bits per heavy atom. The molecular weight excluding hydrogens is 356 g/mol. The molecule has 1 amide bonds. The molecule has 4 aromatic rings. The minimum Gasteiger partial charge on any atom is -0.464 e. The summed E-state index contributed by atoms with van der Waals surface area (Å²) in [5.74, 6) is 2.63. The number of ether oxygens (including phenoxy) is 1. The molecule has 0 bridgehead atoms. The molecule has 7 nitrogen and oxygen atoms in total. The second-order valence-electron chi connectivity index (χ2n) is 6.11. The lowest BCUT2D eigenvalue weighted by atomic mass is 10.2. The number of nitrogens with one attached hydrogen (secondary N) is 1. The van der Waals surface area contributed by atoms with Gasteiger partial charge in [0.15, 0.2) is 0 Å². The summed E-state index contributed by atoms with van der Waals surface area (Å²) in [6, 6.07) is 18.1. The molecule has 28 heavy (non-hydrogen) atoms. The van der Waals surface area contributed by atoms with E-state index in [0.717, 1.165) is 11.5 Å². The average molecular weight is 374 g/mol. The maximum atomic E-state index is 12.8. The van der Waals surface area contributed by atoms with Crippen LogP contribution in [-0.4, -0.2) is 20.7 Å². The van der Waals surface area contributed by atoms with E-state index in [0.29, 0.717) is 23.7 Å². The van der Waals surface area contributed by atoms with Crippen molar-refractivity contribution in [1.29, 1.82) is 0 Å². The quantitative estimate of drug-likeness (QED) is 0.545. The van der Waals surface area contributed by atoms with E-state index in [9.17, 15) is 4.79 Å². The van der Waals surface area contributed by atoms with Gasteiger partial charge in [-0.1, -0.05) is 18.2 Å². The second-order valence-corrected chi connectivity index (χ2v) is 6.11. The summed E-state index contributed by atoms with van der Waals surface area (Å²) in [5.41, 5.74) is 0.327. The number of aromatic nitrogens is 3. The molecule has 3 heterocycles. The molecule has 0 radical (unpaired) electrons. The van der Waals surface area contributed by atoms with Crippen molar-refractivity contribution in [2.24, 2.45) is 0 Å². The summed E-state index contributed by atoms with van der Waals surface area (Å²) in [7, 11) is 0. The van der Waals surface area contributed by atoms with E-state index in [-0.39, 0.29) is 11.8 Å². The first-order valence-electron chi connectivity index (χ1n) is 8.75. The van der Waals surface area contributed by atoms with E-state index in [2.05, 4.69) is 15.4 Å². The molecule has 7 heteroatoms. The summed E-state index contributed by atoms with van der Waals surface area (Å²) in [4.78, 5) is 17.0. The first-order valence-corrected chi connectivity index (χ1v) is 8.75. The van der Waals surface area contributed by atoms with Crippen molar-refractivity contribution in [2.75, 3.05) is 5.32 Å². The van der Waals surface area contributed by atoms with Gasteiger partial charge in [-0.3, -0.25) is 4.79 Å². The summed E-state index contributed by atoms with van der Waals surface area (Å²) in [6.07, 6.45) is 3.20. The van der Waals surface area contributed by atoms with E-state index in [1.54, 1.807) is 47.4 Å². The summed E-state index contributed by atoms with van der Waals surface area (Å²) in [5, 5.41) is 7.11. The van der Waals surface area contributed by atoms with Crippen molar-refractivity contribution in [1.82, 2.24) is 14.8 Å². The third-order valence-corrected chi connectivity index (χ3v) is 4.03. The SMILES string of the molecule is Cc1ccc(Cn2nccc2NC(=O)c2cccnc2Oc2ccccc2)o1. The van der Waals surface area contributed by atoms with Gasteiger partial charge in [0.25, 0.3) is 5.91 Å². The summed E-state index contributed by atoms with van der Waals surface area (Å²) >= 11 is 0. The van der Waals surface area contributed by atoms with Crippen LogP contribution < -0.4 is 10.1 Å². The fourth-order valence-corrected chi connectivity index (χ4v) is 2.71. The first kappa shape index (κ1) is 17.5. The standard InChI is InChI=1S/C21H18N4O3/c1-15-9-10-17(27-15)14-25-19(11-13-23-25)24-20(26)18-8-5-12-22-21(18)28-16-6-3-2-4-7-16/h2-13H,14H2,1H3,(H,24,26). The topological polar surface area (TPSA) is 82.2 Å². The van der Waals surface area contributed by atoms with Crippen LogP contribution in [0, 0.1) is 6.92 Å². The van der Waals surface area contributed by atoms with Crippen LogP contribution in [0.2, 0.25) is 0 Å². The number of pyridine rings is 1. The van der Waals surface area contributed by atoms with Crippen LogP contribution in [0.5, 0.6) is 11.6 Å². The summed E-state index contributed by atoms with van der Waals surface area (Å²) < 4.78 is 13.0. The highest BCUT2D eigenvalue weighted by molar-refractivity contribution is 6.05. The monoisotopic (exact) mass is 374 g/mol.